The predicted molar refractivity (Wildman–Crippen MR) is 66.8 cm³/mol. The molecule has 98 valence electrons. The highest BCUT2D eigenvalue weighted by Gasteiger charge is 2.34. The van der Waals surface area contributed by atoms with E-state index >= 15 is 0 Å². The van der Waals surface area contributed by atoms with Crippen molar-refractivity contribution in [3.63, 3.8) is 0 Å². The molecule has 4 nitrogen and oxygen atoms in total. The van der Waals surface area contributed by atoms with Crippen molar-refractivity contribution in [2.45, 2.75) is 33.3 Å². The second-order valence-electron chi connectivity index (χ2n) is 6.44. The van der Waals surface area contributed by atoms with E-state index in [1.807, 2.05) is 4.90 Å². The number of amides is 1. The molecule has 0 bridgehead atoms. The van der Waals surface area contributed by atoms with Gasteiger partial charge in [0.2, 0.25) is 5.91 Å². The standard InChI is InChI=1S/C13H24N2O2/c1-13(2,3)9-15-7-11(17-8-12(15)16)10-4-5-14-6-10/h10-11,14H,4-9H2,1-3H3. The number of morpholine rings is 1. The summed E-state index contributed by atoms with van der Waals surface area (Å²) in [6.07, 6.45) is 1.40. The first-order chi connectivity index (χ1) is 7.96. The predicted octanol–water partition coefficient (Wildman–Crippen LogP) is 0.869. The molecule has 0 aromatic carbocycles. The summed E-state index contributed by atoms with van der Waals surface area (Å²) >= 11 is 0. The van der Waals surface area contributed by atoms with Crippen LogP contribution in [0.2, 0.25) is 0 Å². The first-order valence-electron chi connectivity index (χ1n) is 6.56. The highest BCUT2D eigenvalue weighted by Crippen LogP contribution is 2.23. The first kappa shape index (κ1) is 12.8. The maximum absolute atomic E-state index is 11.8. The molecule has 4 heteroatoms. The molecule has 0 aliphatic carbocycles. The van der Waals surface area contributed by atoms with E-state index in [4.69, 9.17) is 4.74 Å². The van der Waals surface area contributed by atoms with Crippen LogP contribution in [0.15, 0.2) is 0 Å². The zero-order valence-electron chi connectivity index (χ0n) is 11.2. The summed E-state index contributed by atoms with van der Waals surface area (Å²) in [6, 6.07) is 0. The van der Waals surface area contributed by atoms with E-state index in [0.717, 1.165) is 26.2 Å². The molecule has 2 atom stereocenters. The number of ether oxygens (including phenoxy) is 1. The molecule has 2 aliphatic heterocycles. The Bertz CT molecular complexity index is 280. The molecule has 1 N–H and O–H groups in total. The number of nitrogens with one attached hydrogen (secondary N) is 1. The van der Waals surface area contributed by atoms with Crippen LogP contribution in [0.5, 0.6) is 0 Å². The minimum absolute atomic E-state index is 0.141. The van der Waals surface area contributed by atoms with Crippen molar-refractivity contribution in [1.29, 1.82) is 0 Å². The summed E-state index contributed by atoms with van der Waals surface area (Å²) in [6.45, 7) is 10.5. The van der Waals surface area contributed by atoms with Crippen molar-refractivity contribution in [2.24, 2.45) is 11.3 Å². The lowest BCUT2D eigenvalue weighted by Gasteiger charge is -2.38. The van der Waals surface area contributed by atoms with Crippen LogP contribution in [-0.4, -0.2) is 49.7 Å². The van der Waals surface area contributed by atoms with Crippen LogP contribution in [0, 0.1) is 11.3 Å². The second-order valence-corrected chi connectivity index (χ2v) is 6.44. The molecule has 0 saturated carbocycles. The van der Waals surface area contributed by atoms with E-state index in [2.05, 4.69) is 26.1 Å². The molecule has 0 radical (unpaired) electrons. The van der Waals surface area contributed by atoms with Gasteiger partial charge in [-0.25, -0.2) is 0 Å². The van der Waals surface area contributed by atoms with Gasteiger partial charge in [-0.1, -0.05) is 20.8 Å². The third kappa shape index (κ3) is 3.42. The average molecular weight is 240 g/mol. The summed E-state index contributed by atoms with van der Waals surface area (Å²) in [7, 11) is 0. The molecular formula is C13H24N2O2. The molecule has 2 heterocycles. The summed E-state index contributed by atoms with van der Waals surface area (Å²) in [4.78, 5) is 13.8. The van der Waals surface area contributed by atoms with Gasteiger partial charge in [0.05, 0.1) is 6.10 Å². The van der Waals surface area contributed by atoms with Crippen molar-refractivity contribution >= 4 is 5.91 Å². The van der Waals surface area contributed by atoms with Crippen molar-refractivity contribution in [3.8, 4) is 0 Å². The highest BCUT2D eigenvalue weighted by molar-refractivity contribution is 5.78. The zero-order chi connectivity index (χ0) is 12.5. The van der Waals surface area contributed by atoms with Crippen molar-refractivity contribution in [1.82, 2.24) is 10.2 Å². The van der Waals surface area contributed by atoms with Gasteiger partial charge in [0.1, 0.15) is 6.61 Å². The molecular weight excluding hydrogens is 216 g/mol. The Morgan fingerprint density at radius 2 is 2.24 bits per heavy atom. The third-order valence-corrected chi connectivity index (χ3v) is 3.46. The third-order valence-electron chi connectivity index (χ3n) is 3.46. The highest BCUT2D eigenvalue weighted by atomic mass is 16.5. The minimum atomic E-state index is 0.141. The Labute approximate surface area is 104 Å². The molecule has 2 aliphatic rings. The fraction of sp³-hybridized carbons (Fsp3) is 0.923. The van der Waals surface area contributed by atoms with Crippen LogP contribution in [0.1, 0.15) is 27.2 Å². The summed E-state index contributed by atoms with van der Waals surface area (Å²) < 4.78 is 5.69. The van der Waals surface area contributed by atoms with Gasteiger partial charge in [-0.05, 0) is 18.4 Å². The molecule has 2 fully saturated rings. The van der Waals surface area contributed by atoms with Crippen LogP contribution in [0.25, 0.3) is 0 Å². The van der Waals surface area contributed by atoms with Crippen LogP contribution in [0.4, 0.5) is 0 Å². The Morgan fingerprint density at radius 1 is 1.47 bits per heavy atom. The van der Waals surface area contributed by atoms with Gasteiger partial charge in [0.15, 0.2) is 0 Å². The molecule has 2 saturated heterocycles. The van der Waals surface area contributed by atoms with E-state index < -0.39 is 0 Å². The van der Waals surface area contributed by atoms with E-state index in [1.54, 1.807) is 0 Å². The van der Waals surface area contributed by atoms with Crippen molar-refractivity contribution in [3.05, 3.63) is 0 Å². The lowest BCUT2D eigenvalue weighted by Crippen LogP contribution is -2.51. The lowest BCUT2D eigenvalue weighted by atomic mass is 9.94. The zero-order valence-corrected chi connectivity index (χ0v) is 11.2. The lowest BCUT2D eigenvalue weighted by molar-refractivity contribution is -0.153. The van der Waals surface area contributed by atoms with E-state index in [9.17, 15) is 4.79 Å². The fourth-order valence-corrected chi connectivity index (χ4v) is 2.65. The van der Waals surface area contributed by atoms with Crippen LogP contribution >= 0.6 is 0 Å². The quantitative estimate of drug-likeness (QED) is 0.778. The van der Waals surface area contributed by atoms with Crippen LogP contribution < -0.4 is 5.32 Å². The molecule has 2 rings (SSSR count). The fourth-order valence-electron chi connectivity index (χ4n) is 2.65. The van der Waals surface area contributed by atoms with Gasteiger partial charge < -0.3 is 15.0 Å². The van der Waals surface area contributed by atoms with E-state index in [1.165, 1.54) is 6.42 Å². The van der Waals surface area contributed by atoms with Crippen molar-refractivity contribution < 1.29 is 9.53 Å². The second kappa shape index (κ2) is 4.94. The number of hydrogen-bond acceptors (Lipinski definition) is 3. The van der Waals surface area contributed by atoms with E-state index in [-0.39, 0.29) is 24.0 Å². The van der Waals surface area contributed by atoms with Gasteiger partial charge in [0, 0.05) is 25.6 Å². The smallest absolute Gasteiger partial charge is 0.248 e. The van der Waals surface area contributed by atoms with Gasteiger partial charge in [0.25, 0.3) is 0 Å². The maximum atomic E-state index is 11.8. The van der Waals surface area contributed by atoms with Gasteiger partial charge in [-0.15, -0.1) is 0 Å². The molecule has 0 aromatic heterocycles. The monoisotopic (exact) mass is 240 g/mol. The van der Waals surface area contributed by atoms with Crippen LogP contribution in [0.3, 0.4) is 0 Å². The number of carbonyl (C=O) groups is 1. The number of nitrogens with zero attached hydrogens (tertiary/aromatic N) is 1. The summed E-state index contributed by atoms with van der Waals surface area (Å²) in [5, 5.41) is 3.36. The summed E-state index contributed by atoms with van der Waals surface area (Å²) in [5.74, 6) is 0.715. The Morgan fingerprint density at radius 3 is 2.82 bits per heavy atom. The average Bonchev–Trinajstić information content (AvgIpc) is 2.72. The number of rotatable bonds is 2. The first-order valence-corrected chi connectivity index (χ1v) is 6.56. The SMILES string of the molecule is CC(C)(C)CN1CC(C2CCNC2)OCC1=O. The van der Waals surface area contributed by atoms with Gasteiger partial charge in [-0.2, -0.15) is 0 Å². The molecule has 0 aromatic rings. The summed E-state index contributed by atoms with van der Waals surface area (Å²) in [5.41, 5.74) is 0.158. The largest absolute Gasteiger partial charge is 0.366 e. The Hall–Kier alpha value is -0.610. The Kier molecular flexibility index (Phi) is 3.73. The van der Waals surface area contributed by atoms with Gasteiger partial charge in [-0.3, -0.25) is 4.79 Å². The van der Waals surface area contributed by atoms with Crippen LogP contribution in [-0.2, 0) is 9.53 Å². The molecule has 0 spiro atoms. The maximum Gasteiger partial charge on any atom is 0.248 e. The number of hydrogen-bond donors (Lipinski definition) is 1. The van der Waals surface area contributed by atoms with Gasteiger partial charge >= 0.3 is 0 Å². The topological polar surface area (TPSA) is 41.6 Å². The molecule has 2 unspecified atom stereocenters. The number of carbonyl (C=O) groups excluding carboxylic acids is 1. The molecule has 1 amide bonds. The van der Waals surface area contributed by atoms with Crippen molar-refractivity contribution in [2.75, 3.05) is 32.8 Å². The normalized spacial score (nSPS) is 31.0. The Balaban J connectivity index is 1.93. The molecule has 17 heavy (non-hydrogen) atoms. The minimum Gasteiger partial charge on any atom is -0.366 e. The van der Waals surface area contributed by atoms with E-state index in [0.29, 0.717) is 5.92 Å².